The number of nitrogens with one attached hydrogen (secondary N) is 1. The normalized spacial score (nSPS) is 11.9. The highest BCUT2D eigenvalue weighted by molar-refractivity contribution is 9.10. The van der Waals surface area contributed by atoms with Crippen molar-refractivity contribution < 1.29 is 4.79 Å². The SMILES string of the molecule is CC(NC(=O)c1cnc(N)cn1)c1ccc(Br)cc1. The van der Waals surface area contributed by atoms with Gasteiger partial charge >= 0.3 is 0 Å². The smallest absolute Gasteiger partial charge is 0.271 e. The number of nitrogens with two attached hydrogens (primary N) is 1. The number of carbonyl (C=O) groups is 1. The Morgan fingerprint density at radius 3 is 2.53 bits per heavy atom. The van der Waals surface area contributed by atoms with Crippen LogP contribution in [-0.2, 0) is 0 Å². The molecule has 0 bridgehead atoms. The van der Waals surface area contributed by atoms with Crippen molar-refractivity contribution in [3.8, 4) is 0 Å². The summed E-state index contributed by atoms with van der Waals surface area (Å²) < 4.78 is 0.999. The maximum Gasteiger partial charge on any atom is 0.271 e. The standard InChI is InChI=1S/C13H13BrN4O/c1-8(9-2-4-10(14)5-3-9)18-13(19)11-6-17-12(15)7-16-11/h2-8H,1H3,(H2,15,17)(H,18,19). The van der Waals surface area contributed by atoms with Crippen molar-refractivity contribution in [2.45, 2.75) is 13.0 Å². The molecule has 19 heavy (non-hydrogen) atoms. The van der Waals surface area contributed by atoms with E-state index < -0.39 is 0 Å². The highest BCUT2D eigenvalue weighted by Gasteiger charge is 2.12. The molecule has 0 aliphatic heterocycles. The van der Waals surface area contributed by atoms with E-state index in [9.17, 15) is 4.79 Å². The van der Waals surface area contributed by atoms with E-state index in [1.807, 2.05) is 31.2 Å². The van der Waals surface area contributed by atoms with Gasteiger partial charge in [0.25, 0.3) is 5.91 Å². The molecule has 0 fully saturated rings. The van der Waals surface area contributed by atoms with Crippen molar-refractivity contribution >= 4 is 27.7 Å². The summed E-state index contributed by atoms with van der Waals surface area (Å²) in [7, 11) is 0. The first kappa shape index (κ1) is 13.5. The van der Waals surface area contributed by atoms with E-state index in [4.69, 9.17) is 5.73 Å². The number of nitrogens with zero attached hydrogens (tertiary/aromatic N) is 2. The molecule has 5 nitrogen and oxygen atoms in total. The monoisotopic (exact) mass is 320 g/mol. The zero-order valence-electron chi connectivity index (χ0n) is 10.3. The maximum atomic E-state index is 11.9. The van der Waals surface area contributed by atoms with Gasteiger partial charge in [0, 0.05) is 4.47 Å². The van der Waals surface area contributed by atoms with E-state index in [1.54, 1.807) is 0 Å². The number of benzene rings is 1. The number of nitrogen functional groups attached to an aromatic ring is 1. The molecule has 0 aliphatic carbocycles. The molecule has 0 aliphatic rings. The Kier molecular flexibility index (Phi) is 4.11. The maximum absolute atomic E-state index is 11.9. The number of aromatic nitrogens is 2. The largest absolute Gasteiger partial charge is 0.382 e. The Morgan fingerprint density at radius 1 is 1.26 bits per heavy atom. The van der Waals surface area contributed by atoms with Gasteiger partial charge < -0.3 is 11.1 Å². The van der Waals surface area contributed by atoms with E-state index in [0.29, 0.717) is 0 Å². The van der Waals surface area contributed by atoms with Crippen molar-refractivity contribution in [3.05, 3.63) is 52.4 Å². The van der Waals surface area contributed by atoms with Gasteiger partial charge in [0.2, 0.25) is 0 Å². The molecule has 0 radical (unpaired) electrons. The molecule has 1 unspecified atom stereocenters. The summed E-state index contributed by atoms with van der Waals surface area (Å²) in [6.45, 7) is 1.91. The Hall–Kier alpha value is -1.95. The zero-order valence-corrected chi connectivity index (χ0v) is 11.9. The molecule has 0 saturated heterocycles. The number of hydrogen-bond acceptors (Lipinski definition) is 4. The molecule has 98 valence electrons. The summed E-state index contributed by atoms with van der Waals surface area (Å²) in [5.74, 6) is 0.0143. The lowest BCUT2D eigenvalue weighted by molar-refractivity contribution is 0.0934. The summed E-state index contributed by atoms with van der Waals surface area (Å²) >= 11 is 3.37. The van der Waals surface area contributed by atoms with E-state index in [2.05, 4.69) is 31.2 Å². The Bertz CT molecular complexity index is 568. The lowest BCUT2D eigenvalue weighted by Crippen LogP contribution is -2.27. The Balaban J connectivity index is 2.06. The third-order valence-electron chi connectivity index (χ3n) is 2.62. The molecule has 0 saturated carbocycles. The van der Waals surface area contributed by atoms with Crippen molar-refractivity contribution in [2.24, 2.45) is 0 Å². The molecule has 1 aromatic carbocycles. The first-order chi connectivity index (χ1) is 9.06. The van der Waals surface area contributed by atoms with Gasteiger partial charge in [-0.2, -0.15) is 0 Å². The second-order valence-corrected chi connectivity index (χ2v) is 4.99. The van der Waals surface area contributed by atoms with Crippen LogP contribution in [0.4, 0.5) is 5.82 Å². The third kappa shape index (κ3) is 3.51. The molecule has 1 amide bonds. The second-order valence-electron chi connectivity index (χ2n) is 4.07. The fourth-order valence-electron chi connectivity index (χ4n) is 1.56. The number of carbonyl (C=O) groups excluding carboxylic acids is 1. The summed E-state index contributed by atoms with van der Waals surface area (Å²) in [5, 5.41) is 2.85. The molecule has 3 N–H and O–H groups in total. The minimum absolute atomic E-state index is 0.111. The lowest BCUT2D eigenvalue weighted by atomic mass is 10.1. The van der Waals surface area contributed by atoms with Gasteiger partial charge in [-0.1, -0.05) is 28.1 Å². The zero-order chi connectivity index (χ0) is 13.8. The van der Waals surface area contributed by atoms with Crippen LogP contribution in [0.3, 0.4) is 0 Å². The lowest BCUT2D eigenvalue weighted by Gasteiger charge is -2.14. The molecule has 1 atom stereocenters. The van der Waals surface area contributed by atoms with Crippen molar-refractivity contribution in [2.75, 3.05) is 5.73 Å². The molecule has 2 rings (SSSR count). The highest BCUT2D eigenvalue weighted by Crippen LogP contribution is 2.16. The number of amides is 1. The van der Waals surface area contributed by atoms with Gasteiger partial charge in [-0.05, 0) is 24.6 Å². The molecule has 6 heteroatoms. The number of hydrogen-bond donors (Lipinski definition) is 2. The van der Waals surface area contributed by atoms with Crippen LogP contribution in [0.25, 0.3) is 0 Å². The van der Waals surface area contributed by atoms with Crippen LogP contribution in [0.15, 0.2) is 41.1 Å². The molecule has 1 aromatic heterocycles. The Labute approximate surface area is 119 Å². The summed E-state index contributed by atoms with van der Waals surface area (Å²) in [5.41, 5.74) is 6.69. The molecular formula is C13H13BrN4O. The quantitative estimate of drug-likeness (QED) is 0.909. The molecule has 2 aromatic rings. The minimum Gasteiger partial charge on any atom is -0.382 e. The van der Waals surface area contributed by atoms with Gasteiger partial charge in [0.05, 0.1) is 18.4 Å². The summed E-state index contributed by atoms with van der Waals surface area (Å²) in [4.78, 5) is 19.7. The van der Waals surface area contributed by atoms with Crippen molar-refractivity contribution in [1.82, 2.24) is 15.3 Å². The fourth-order valence-corrected chi connectivity index (χ4v) is 1.82. The van der Waals surface area contributed by atoms with E-state index >= 15 is 0 Å². The van der Waals surface area contributed by atoms with Crippen molar-refractivity contribution in [1.29, 1.82) is 0 Å². The van der Waals surface area contributed by atoms with E-state index in [1.165, 1.54) is 12.4 Å². The second kappa shape index (κ2) is 5.79. The van der Waals surface area contributed by atoms with Gasteiger partial charge in [-0.15, -0.1) is 0 Å². The van der Waals surface area contributed by atoms with Crippen molar-refractivity contribution in [3.63, 3.8) is 0 Å². The molecule has 0 spiro atoms. The van der Waals surface area contributed by atoms with Crippen LogP contribution in [-0.4, -0.2) is 15.9 Å². The number of rotatable bonds is 3. The third-order valence-corrected chi connectivity index (χ3v) is 3.15. The average molecular weight is 321 g/mol. The first-order valence-electron chi connectivity index (χ1n) is 5.70. The number of halogens is 1. The summed E-state index contributed by atoms with van der Waals surface area (Å²) in [6, 6.07) is 7.65. The van der Waals surface area contributed by atoms with Crippen LogP contribution in [0, 0.1) is 0 Å². The predicted octanol–water partition coefficient (Wildman–Crippen LogP) is 2.31. The molecular weight excluding hydrogens is 308 g/mol. The first-order valence-corrected chi connectivity index (χ1v) is 6.49. The topological polar surface area (TPSA) is 80.9 Å². The highest BCUT2D eigenvalue weighted by atomic mass is 79.9. The summed E-state index contributed by atoms with van der Waals surface area (Å²) in [6.07, 6.45) is 2.72. The Morgan fingerprint density at radius 2 is 1.95 bits per heavy atom. The van der Waals surface area contributed by atoms with E-state index in [0.717, 1.165) is 10.0 Å². The van der Waals surface area contributed by atoms with E-state index in [-0.39, 0.29) is 23.5 Å². The van der Waals surface area contributed by atoms with Crippen LogP contribution in [0.5, 0.6) is 0 Å². The number of anilines is 1. The van der Waals surface area contributed by atoms with Gasteiger partial charge in [0.15, 0.2) is 0 Å². The van der Waals surface area contributed by atoms with Crippen LogP contribution in [0.2, 0.25) is 0 Å². The van der Waals surface area contributed by atoms with Gasteiger partial charge in [0.1, 0.15) is 11.5 Å². The van der Waals surface area contributed by atoms with Gasteiger partial charge in [-0.25, -0.2) is 9.97 Å². The molecule has 1 heterocycles. The van der Waals surface area contributed by atoms with Crippen LogP contribution in [0.1, 0.15) is 29.0 Å². The average Bonchev–Trinajstić information content (AvgIpc) is 2.40. The van der Waals surface area contributed by atoms with Crippen LogP contribution < -0.4 is 11.1 Å². The predicted molar refractivity (Wildman–Crippen MR) is 76.5 cm³/mol. The van der Waals surface area contributed by atoms with Crippen LogP contribution >= 0.6 is 15.9 Å². The minimum atomic E-state index is -0.275. The van der Waals surface area contributed by atoms with Gasteiger partial charge in [-0.3, -0.25) is 4.79 Å². The fraction of sp³-hybridized carbons (Fsp3) is 0.154.